The van der Waals surface area contributed by atoms with Gasteiger partial charge in [-0.1, -0.05) is 352 Å². The Morgan fingerprint density at radius 2 is 0.420 bits per heavy atom. The van der Waals surface area contributed by atoms with Gasteiger partial charge in [-0.25, -0.2) is 19.9 Å². The quantitative estimate of drug-likeness (QED) is 0.113. The molecule has 0 aliphatic rings. The number of hydrogen-bond acceptors (Lipinski definition) is 6. The molecule has 0 bridgehead atoms. The van der Waals surface area contributed by atoms with Crippen LogP contribution >= 0.6 is 0 Å². The molecule has 4 aromatic heterocycles. The van der Waals surface area contributed by atoms with E-state index in [2.05, 4.69) is 398 Å². The van der Waals surface area contributed by atoms with Crippen molar-refractivity contribution < 1.29 is 0 Å². The fourth-order valence-corrected chi connectivity index (χ4v) is 16.1. The van der Waals surface area contributed by atoms with Gasteiger partial charge < -0.3 is 0 Å². The summed E-state index contributed by atoms with van der Waals surface area (Å²) in [6.45, 7) is 0. The van der Waals surface area contributed by atoms with Crippen molar-refractivity contribution in [3.63, 3.8) is 0 Å². The Bertz CT molecular complexity index is 7020. The summed E-state index contributed by atoms with van der Waals surface area (Å²) >= 11 is 0. The number of pyridine rings is 2. The van der Waals surface area contributed by atoms with Crippen molar-refractivity contribution in [2.24, 2.45) is 0 Å². The minimum atomic E-state index is 0.679. The molecular weight excluding hydrogens is 1360 g/mol. The molecule has 0 saturated heterocycles. The van der Waals surface area contributed by atoms with Crippen molar-refractivity contribution in [3.8, 4) is 135 Å². The predicted octanol–water partition coefficient (Wildman–Crippen LogP) is 27.8. The van der Waals surface area contributed by atoms with Crippen LogP contribution < -0.4 is 0 Å². The molecule has 0 N–H and O–H groups in total. The molecule has 6 nitrogen and oxygen atoms in total. The van der Waals surface area contributed by atoms with E-state index in [-0.39, 0.29) is 0 Å². The second kappa shape index (κ2) is 29.0. The Kier molecular flexibility index (Phi) is 17.2. The van der Waals surface area contributed by atoms with Crippen LogP contribution in [0.5, 0.6) is 0 Å². The van der Waals surface area contributed by atoms with Crippen LogP contribution in [-0.2, 0) is 0 Å². The van der Waals surface area contributed by atoms with Crippen LogP contribution in [0.1, 0.15) is 0 Å². The molecule has 0 aliphatic carbocycles. The highest BCUT2D eigenvalue weighted by Crippen LogP contribution is 2.42. The Labute approximate surface area is 648 Å². The SMILES string of the molecule is c1cc(-c2cc(-c3ccc(-c4cncc5ccccc45)cc3)nc(-c3ccc(-c4cccc5ccccc45)cc3)n2)cc(-c2cccc3ccccc23)c1.c1cc(-c2nc(-c3ccc(-c4cncc5ccccc45)cc3)cc(-c3cccc(-c4cc5ccccc5c5ccccc45)c3)n2)cc(-c2cccc3ccccc23)c1. The lowest BCUT2D eigenvalue weighted by molar-refractivity contribution is 1.18. The Balaban J connectivity index is 0.000000146. The van der Waals surface area contributed by atoms with E-state index in [0.717, 1.165) is 111 Å². The van der Waals surface area contributed by atoms with Gasteiger partial charge in [-0.15, -0.1) is 0 Å². The highest BCUT2D eigenvalue weighted by Gasteiger charge is 2.19. The number of benzene rings is 17. The van der Waals surface area contributed by atoms with E-state index in [1.165, 1.54) is 86.9 Å². The fourth-order valence-electron chi connectivity index (χ4n) is 16.1. The molecule has 112 heavy (non-hydrogen) atoms. The van der Waals surface area contributed by atoms with Gasteiger partial charge in [-0.05, 0) is 157 Å². The van der Waals surface area contributed by atoms with Gasteiger partial charge in [0, 0.05) is 80.1 Å². The predicted molar refractivity (Wildman–Crippen MR) is 467 cm³/mol. The van der Waals surface area contributed by atoms with E-state index in [9.17, 15) is 0 Å². The molecule has 0 aliphatic heterocycles. The van der Waals surface area contributed by atoms with Crippen molar-refractivity contribution in [1.82, 2.24) is 29.9 Å². The van der Waals surface area contributed by atoms with Gasteiger partial charge in [0.2, 0.25) is 0 Å². The van der Waals surface area contributed by atoms with E-state index in [4.69, 9.17) is 19.9 Å². The summed E-state index contributed by atoms with van der Waals surface area (Å²) in [4.78, 5) is 30.1. The third kappa shape index (κ3) is 12.8. The molecular formula is C106H68N6. The average molecular weight is 1430 g/mol. The molecule has 522 valence electrons. The smallest absolute Gasteiger partial charge is 0.160 e. The molecule has 6 heteroatoms. The van der Waals surface area contributed by atoms with Gasteiger partial charge in [0.15, 0.2) is 11.6 Å². The number of rotatable bonds is 12. The van der Waals surface area contributed by atoms with Crippen molar-refractivity contribution in [3.05, 3.63) is 413 Å². The van der Waals surface area contributed by atoms with Crippen molar-refractivity contribution in [1.29, 1.82) is 0 Å². The first kappa shape index (κ1) is 66.5. The summed E-state index contributed by atoms with van der Waals surface area (Å²) in [5, 5.41) is 16.9. The van der Waals surface area contributed by atoms with Gasteiger partial charge in [0.1, 0.15) is 0 Å². The lowest BCUT2D eigenvalue weighted by Gasteiger charge is -2.14. The van der Waals surface area contributed by atoms with Gasteiger partial charge in [-0.2, -0.15) is 0 Å². The molecule has 0 fully saturated rings. The average Bonchev–Trinajstić information content (AvgIpc) is 0.779. The van der Waals surface area contributed by atoms with Crippen molar-refractivity contribution in [2.75, 3.05) is 0 Å². The Morgan fingerprint density at radius 3 is 0.875 bits per heavy atom. The highest BCUT2D eigenvalue weighted by atomic mass is 14.9. The van der Waals surface area contributed by atoms with Crippen molar-refractivity contribution in [2.45, 2.75) is 0 Å². The topological polar surface area (TPSA) is 77.3 Å². The van der Waals surface area contributed by atoms with Crippen LogP contribution in [0.25, 0.3) is 210 Å². The lowest BCUT2D eigenvalue weighted by Crippen LogP contribution is -1.97. The molecule has 0 amide bonds. The van der Waals surface area contributed by atoms with Crippen LogP contribution in [0.2, 0.25) is 0 Å². The van der Waals surface area contributed by atoms with E-state index >= 15 is 0 Å². The first-order chi connectivity index (χ1) is 55.5. The van der Waals surface area contributed by atoms with Crippen LogP contribution in [0, 0.1) is 0 Å². The monoisotopic (exact) mass is 1420 g/mol. The first-order valence-electron chi connectivity index (χ1n) is 37.9. The summed E-state index contributed by atoms with van der Waals surface area (Å²) in [6, 6.07) is 138. The number of hydrogen-bond donors (Lipinski definition) is 0. The third-order valence-electron chi connectivity index (χ3n) is 21.7. The second-order valence-corrected chi connectivity index (χ2v) is 28.5. The Hall–Kier alpha value is -15.0. The van der Waals surface area contributed by atoms with Gasteiger partial charge >= 0.3 is 0 Å². The first-order valence-corrected chi connectivity index (χ1v) is 37.9. The molecule has 0 atom stereocenters. The second-order valence-electron chi connectivity index (χ2n) is 28.5. The lowest BCUT2D eigenvalue weighted by atomic mass is 9.92. The Morgan fingerprint density at radius 1 is 0.134 bits per heavy atom. The molecule has 0 saturated carbocycles. The minimum Gasteiger partial charge on any atom is -0.263 e. The largest absolute Gasteiger partial charge is 0.263 e. The van der Waals surface area contributed by atoms with E-state index in [1.807, 2.05) is 24.8 Å². The third-order valence-corrected chi connectivity index (χ3v) is 21.7. The van der Waals surface area contributed by atoms with Gasteiger partial charge in [0.25, 0.3) is 0 Å². The molecule has 0 unspecified atom stereocenters. The molecule has 0 radical (unpaired) electrons. The summed E-state index contributed by atoms with van der Waals surface area (Å²) in [7, 11) is 0. The molecule has 21 aromatic rings. The summed E-state index contributed by atoms with van der Waals surface area (Å²) < 4.78 is 0. The highest BCUT2D eigenvalue weighted by molar-refractivity contribution is 6.14. The molecule has 17 aromatic carbocycles. The van der Waals surface area contributed by atoms with E-state index in [0.29, 0.717) is 11.6 Å². The summed E-state index contributed by atoms with van der Waals surface area (Å²) in [5.74, 6) is 1.36. The zero-order valence-corrected chi connectivity index (χ0v) is 60.9. The van der Waals surface area contributed by atoms with Crippen LogP contribution in [-0.4, -0.2) is 29.9 Å². The minimum absolute atomic E-state index is 0.679. The summed E-state index contributed by atoms with van der Waals surface area (Å²) in [6.07, 6.45) is 7.74. The zero-order chi connectivity index (χ0) is 74.3. The molecule has 4 heterocycles. The van der Waals surface area contributed by atoms with Gasteiger partial charge in [-0.3, -0.25) is 9.97 Å². The normalized spacial score (nSPS) is 11.4. The fraction of sp³-hybridized carbons (Fsp3) is 0. The van der Waals surface area contributed by atoms with E-state index < -0.39 is 0 Å². The van der Waals surface area contributed by atoms with Crippen LogP contribution in [0.3, 0.4) is 0 Å². The maximum Gasteiger partial charge on any atom is 0.160 e. The maximum absolute atomic E-state index is 5.32. The number of fused-ring (bicyclic) bond motifs is 8. The maximum atomic E-state index is 5.32. The zero-order valence-electron chi connectivity index (χ0n) is 60.9. The molecule has 21 rings (SSSR count). The van der Waals surface area contributed by atoms with Crippen LogP contribution in [0.15, 0.2) is 413 Å². The van der Waals surface area contributed by atoms with E-state index in [1.54, 1.807) is 0 Å². The van der Waals surface area contributed by atoms with Crippen molar-refractivity contribution >= 4 is 75.4 Å². The summed E-state index contributed by atoms with van der Waals surface area (Å²) in [5.41, 5.74) is 23.3. The van der Waals surface area contributed by atoms with Gasteiger partial charge in [0.05, 0.1) is 22.8 Å². The molecule has 0 spiro atoms. The number of nitrogens with zero attached hydrogens (tertiary/aromatic N) is 6. The standard InChI is InChI=1S/C55H35N3.C51H33N3/c1-4-20-45-36(12-1)15-11-25-46(45)39-16-10-19-43(31-39)55-57-53(38-28-26-37(27-29-38)52-35-56-34-44-14-3-6-22-48(44)52)33-54(58-55)42-18-9-17-40(30-42)51-32-41-13-2-5-21-47(41)49-23-7-8-24-50(49)51;1-4-17-43-34(10-1)13-8-20-45(43)36-24-28-39(29-25-36)51-53-49(38-26-22-37(23-27-38)48-33-52-32-42-12-3-6-19-47(42)48)31-50(54-51)41-16-7-15-40(30-41)46-21-9-14-35-11-2-5-18-44(35)46/h1-35H;1-33H. The number of aromatic nitrogens is 6. The van der Waals surface area contributed by atoms with Crippen LogP contribution in [0.4, 0.5) is 0 Å².